The molecule has 1 atom stereocenters. The van der Waals surface area contributed by atoms with Crippen molar-refractivity contribution in [1.29, 1.82) is 0 Å². The van der Waals surface area contributed by atoms with E-state index in [1.54, 1.807) is 0 Å². The fraction of sp³-hybridized carbons (Fsp3) is 0. The van der Waals surface area contributed by atoms with E-state index in [4.69, 9.17) is 28.4 Å². The Balaban J connectivity index is -0.0000000257. The predicted molar refractivity (Wildman–Crippen MR) is 39.4 cm³/mol. The summed E-state index contributed by atoms with van der Waals surface area (Å²) in [6, 6.07) is 0. The van der Waals surface area contributed by atoms with Crippen LogP contribution in [0.15, 0.2) is 0 Å². The van der Waals surface area contributed by atoms with Crippen LogP contribution in [0.5, 0.6) is 0 Å². The van der Waals surface area contributed by atoms with Crippen LogP contribution < -0.4 is 0 Å². The van der Waals surface area contributed by atoms with Gasteiger partial charge in [0, 0.05) is 0 Å². The molecule has 0 fully saturated rings. The fourth-order valence-electron chi connectivity index (χ4n) is 0. The molecule has 0 amide bonds. The second-order valence-corrected chi connectivity index (χ2v) is 0.735. The van der Waals surface area contributed by atoms with Crippen molar-refractivity contribution in [2.75, 3.05) is 0 Å². The molecule has 0 aliphatic carbocycles. The Morgan fingerprint density at radius 2 is 0.700 bits per heavy atom. The van der Waals surface area contributed by atoms with E-state index in [-0.39, 0.29) is 18.0 Å². The van der Waals surface area contributed by atoms with Crippen LogP contribution in [0.3, 0.4) is 0 Å². The molecule has 0 aliphatic rings. The van der Waals surface area contributed by atoms with Gasteiger partial charge in [0.05, 0.1) is 0 Å². The van der Waals surface area contributed by atoms with Crippen LogP contribution in [0.2, 0.25) is 0 Å². The van der Waals surface area contributed by atoms with Gasteiger partial charge in [-0.2, -0.15) is 0 Å². The Hall–Kier alpha value is 0.738. The van der Waals surface area contributed by atoms with E-state index < -0.39 is 26.1 Å². The zero-order chi connectivity index (χ0) is 8.12. The Morgan fingerprint density at radius 1 is 0.700 bits per heavy atom. The van der Waals surface area contributed by atoms with Crippen molar-refractivity contribution in [3.8, 4) is 0 Å². The molecule has 0 saturated heterocycles. The molecule has 0 aromatic heterocycles. The molecule has 0 radical (unpaired) electrons. The maximum absolute atomic E-state index is 8.46. The van der Waals surface area contributed by atoms with Crippen molar-refractivity contribution in [1.82, 2.24) is 0 Å². The van der Waals surface area contributed by atoms with Crippen LogP contribution >= 0.6 is 26.1 Å². The second-order valence-electron chi connectivity index (χ2n) is 0.245. The van der Waals surface area contributed by atoms with Gasteiger partial charge in [-0.3, -0.25) is 0 Å². The van der Waals surface area contributed by atoms with Crippen LogP contribution in [0.4, 0.5) is 0 Å². The first-order chi connectivity index (χ1) is 4.24. The summed E-state index contributed by atoms with van der Waals surface area (Å²) in [5.74, 6) is 0. The molecule has 3 N–H and O–H groups in total. The van der Waals surface area contributed by atoms with Gasteiger partial charge in [-0.1, -0.05) is 0 Å². The average molecular weight is 270 g/mol. The molecule has 0 bridgehead atoms. The molecule has 10 heteroatoms. The van der Waals surface area contributed by atoms with Crippen molar-refractivity contribution < 1.29 is 28.4 Å². The van der Waals surface area contributed by atoms with Gasteiger partial charge >= 0.3 is 44.0 Å². The first kappa shape index (κ1) is 22.4. The van der Waals surface area contributed by atoms with Gasteiger partial charge in [0.1, 0.15) is 0 Å². The van der Waals surface area contributed by atoms with Crippen LogP contribution in [-0.4, -0.2) is 32.6 Å². The number of hydrogen-bond donors (Lipinski definition) is 3. The second kappa shape index (κ2) is 53.2. The van der Waals surface area contributed by atoms with Gasteiger partial charge < -0.3 is 14.7 Å². The van der Waals surface area contributed by atoms with Gasteiger partial charge in [-0.05, 0) is 0 Å². The first-order valence-electron chi connectivity index (χ1n) is 1.15. The van der Waals surface area contributed by atoms with Crippen LogP contribution in [0.1, 0.15) is 0 Å². The Labute approximate surface area is 72.8 Å². The third-order valence-corrected chi connectivity index (χ3v) is 0. The molecule has 0 aromatic carbocycles. The van der Waals surface area contributed by atoms with Gasteiger partial charge in [0.25, 0.3) is 0 Å². The molecule has 0 heterocycles. The van der Waals surface area contributed by atoms with Crippen molar-refractivity contribution in [3.05, 3.63) is 0 Å². The first-order valence-corrected chi connectivity index (χ1v) is 3.44. The summed E-state index contributed by atoms with van der Waals surface area (Å²) in [5.41, 5.74) is 0. The molecule has 0 saturated carbocycles. The van der Waals surface area contributed by atoms with E-state index in [0.29, 0.717) is 0 Å². The summed E-state index contributed by atoms with van der Waals surface area (Å²) in [6.45, 7) is 0. The Morgan fingerprint density at radius 3 is 0.700 bits per heavy atom. The van der Waals surface area contributed by atoms with Crippen molar-refractivity contribution in [2.45, 2.75) is 0 Å². The zero-order valence-corrected chi connectivity index (χ0v) is 10.3. The molecule has 1 unspecified atom stereocenters. The minimum absolute atomic E-state index is 0. The summed E-state index contributed by atoms with van der Waals surface area (Å²) in [6.07, 6.45) is 0. The summed E-state index contributed by atoms with van der Waals surface area (Å²) in [7, 11) is -2.50. The summed E-state index contributed by atoms with van der Waals surface area (Å²) >= 11 is 0. The van der Waals surface area contributed by atoms with E-state index >= 15 is 0 Å². The monoisotopic (exact) mass is 270 g/mol. The zero-order valence-electron chi connectivity index (χ0n) is 4.62. The number of hydrogen-bond acceptors (Lipinski definition) is 3. The normalized spacial score (nSPS) is 6.30. The molecule has 62 valence electrons. The standard InChI is InChI=1S/AsH3.3HO2P/c;3*1-3-2/h1H3;3*(H,1,2). The third-order valence-electron chi connectivity index (χ3n) is 0. The van der Waals surface area contributed by atoms with Crippen LogP contribution in [0, 0.1) is 0 Å². The van der Waals surface area contributed by atoms with Gasteiger partial charge in [0.15, 0.2) is 0 Å². The van der Waals surface area contributed by atoms with E-state index in [1.165, 1.54) is 0 Å². The molecular formula is H6AsO6P3. The maximum atomic E-state index is 8.46. The van der Waals surface area contributed by atoms with E-state index in [1.807, 2.05) is 0 Å². The molecule has 0 rings (SSSR count). The molecule has 6 nitrogen and oxygen atoms in total. The molecule has 10 heavy (non-hydrogen) atoms. The SMILES string of the molecule is O=PO.O=PO.O=PO.[AsH3]. The average Bonchev–Trinajstić information content (AvgIpc) is 1.70. The van der Waals surface area contributed by atoms with Gasteiger partial charge in [-0.25, -0.2) is 13.7 Å². The Bertz CT molecular complexity index is 49.7. The van der Waals surface area contributed by atoms with E-state index in [9.17, 15) is 0 Å². The molecular weight excluding hydrogens is 264 g/mol. The van der Waals surface area contributed by atoms with E-state index in [2.05, 4.69) is 0 Å². The predicted octanol–water partition coefficient (Wildman–Crippen LogP) is -0.628. The van der Waals surface area contributed by atoms with Gasteiger partial charge in [-0.15, -0.1) is 0 Å². The van der Waals surface area contributed by atoms with Crippen LogP contribution in [-0.2, 0) is 13.7 Å². The van der Waals surface area contributed by atoms with E-state index in [0.717, 1.165) is 0 Å². The van der Waals surface area contributed by atoms with Crippen molar-refractivity contribution in [2.24, 2.45) is 0 Å². The minimum atomic E-state index is -0.833. The summed E-state index contributed by atoms with van der Waals surface area (Å²) in [4.78, 5) is 21.0. The summed E-state index contributed by atoms with van der Waals surface area (Å²) < 4.78 is 25.4. The molecule has 0 aromatic rings. The fourth-order valence-corrected chi connectivity index (χ4v) is 0. The topological polar surface area (TPSA) is 112 Å². The van der Waals surface area contributed by atoms with Crippen molar-refractivity contribution in [3.63, 3.8) is 0 Å². The number of rotatable bonds is 0. The van der Waals surface area contributed by atoms with Crippen LogP contribution in [0.25, 0.3) is 0 Å². The van der Waals surface area contributed by atoms with Gasteiger partial charge in [0.2, 0.25) is 0 Å². The Kier molecular flexibility index (Phi) is 119. The third kappa shape index (κ3) is 960. The molecule has 0 aliphatic heterocycles. The molecule has 0 spiro atoms. The van der Waals surface area contributed by atoms with Crippen molar-refractivity contribution >= 4 is 44.0 Å². The summed E-state index contributed by atoms with van der Waals surface area (Å²) in [5, 5.41) is 0. The quantitative estimate of drug-likeness (QED) is 0.399.